The first kappa shape index (κ1) is 22.6. The van der Waals surface area contributed by atoms with Crippen molar-refractivity contribution in [2.24, 2.45) is 39.4 Å². The van der Waals surface area contributed by atoms with Crippen LogP contribution in [0.15, 0.2) is 40.6 Å². The zero-order valence-electron chi connectivity index (χ0n) is 18.3. The summed E-state index contributed by atoms with van der Waals surface area (Å²) in [6.45, 7) is 2.07. The predicted octanol–water partition coefficient (Wildman–Crippen LogP) is 2.83. The lowest BCUT2D eigenvalue weighted by Crippen LogP contribution is -2.39. The molecule has 2 heterocycles. The number of anilines is 1. The van der Waals surface area contributed by atoms with Crippen LogP contribution in [0.25, 0.3) is 0 Å². The maximum absolute atomic E-state index is 13.6. The van der Waals surface area contributed by atoms with Crippen molar-refractivity contribution >= 4 is 29.2 Å². The Morgan fingerprint density at radius 2 is 2.21 bits per heavy atom. The van der Waals surface area contributed by atoms with Gasteiger partial charge in [0.1, 0.15) is 17.3 Å². The molecule has 0 radical (unpaired) electrons. The van der Waals surface area contributed by atoms with Gasteiger partial charge in [0.2, 0.25) is 0 Å². The van der Waals surface area contributed by atoms with E-state index >= 15 is 0 Å². The fraction of sp³-hybridized carbons (Fsp3) is 0.435. The molecule has 174 valence electrons. The lowest BCUT2D eigenvalue weighted by atomic mass is 9.74. The summed E-state index contributed by atoms with van der Waals surface area (Å²) in [7, 11) is 0. The second kappa shape index (κ2) is 9.13. The van der Waals surface area contributed by atoms with Crippen LogP contribution in [0.5, 0.6) is 0 Å². The van der Waals surface area contributed by atoms with Crippen LogP contribution in [0.2, 0.25) is 0 Å². The number of aromatic amines is 1. The number of nitrogens with zero attached hydrogens (tertiary/aromatic N) is 3. The molecule has 2 aromatic rings. The van der Waals surface area contributed by atoms with Crippen molar-refractivity contribution < 1.29 is 14.3 Å². The number of rotatable bonds is 7. The Labute approximate surface area is 190 Å². The van der Waals surface area contributed by atoms with Crippen LogP contribution in [-0.4, -0.2) is 44.5 Å². The number of aliphatic imine (C=N–C) groups is 2. The van der Waals surface area contributed by atoms with Crippen molar-refractivity contribution in [2.75, 3.05) is 5.73 Å². The highest BCUT2D eigenvalue weighted by Gasteiger charge is 2.55. The van der Waals surface area contributed by atoms with Crippen molar-refractivity contribution in [3.63, 3.8) is 0 Å². The van der Waals surface area contributed by atoms with E-state index in [1.54, 1.807) is 18.3 Å². The quantitative estimate of drug-likeness (QED) is 0.320. The van der Waals surface area contributed by atoms with Crippen LogP contribution >= 0.6 is 0 Å². The molecule has 5 atom stereocenters. The fourth-order valence-corrected chi connectivity index (χ4v) is 5.03. The van der Waals surface area contributed by atoms with E-state index in [0.717, 1.165) is 31.5 Å². The number of nitrogens with two attached hydrogens (primary N) is 2. The zero-order valence-corrected chi connectivity index (χ0v) is 18.3. The van der Waals surface area contributed by atoms with E-state index in [4.69, 9.17) is 21.9 Å². The van der Waals surface area contributed by atoms with E-state index in [0.29, 0.717) is 24.0 Å². The average molecular weight is 454 g/mol. The number of aromatic nitrogens is 2. The van der Waals surface area contributed by atoms with Crippen molar-refractivity contribution in [3.05, 3.63) is 47.7 Å². The molecular formula is C23H28FN7O2. The lowest BCUT2D eigenvalue weighted by Gasteiger charge is -2.33. The summed E-state index contributed by atoms with van der Waals surface area (Å²) in [4.78, 5) is 28.1. The lowest BCUT2D eigenvalue weighted by molar-refractivity contribution is -0.146. The van der Waals surface area contributed by atoms with E-state index in [2.05, 4.69) is 21.9 Å². The van der Waals surface area contributed by atoms with Gasteiger partial charge >= 0.3 is 5.97 Å². The van der Waals surface area contributed by atoms with Crippen LogP contribution in [0.4, 0.5) is 10.2 Å². The van der Waals surface area contributed by atoms with Gasteiger partial charge in [0.15, 0.2) is 11.7 Å². The van der Waals surface area contributed by atoms with Gasteiger partial charge < -0.3 is 21.6 Å². The number of halogens is 1. The number of carboxylic acid groups (broad SMARTS) is 1. The molecule has 0 saturated heterocycles. The summed E-state index contributed by atoms with van der Waals surface area (Å²) in [6, 6.07) is 4.14. The Bertz CT molecular complexity index is 1110. The molecule has 0 spiro atoms. The van der Waals surface area contributed by atoms with Crippen LogP contribution in [0.1, 0.15) is 43.9 Å². The third kappa shape index (κ3) is 4.64. The average Bonchev–Trinajstić information content (AvgIpc) is 3.34. The van der Waals surface area contributed by atoms with E-state index in [1.807, 2.05) is 0 Å². The van der Waals surface area contributed by atoms with Gasteiger partial charge in [-0.25, -0.2) is 14.4 Å². The number of nitrogens with one attached hydrogen (secondary N) is 2. The van der Waals surface area contributed by atoms with Gasteiger partial charge in [-0.15, -0.1) is 0 Å². The number of amidine groups is 2. The van der Waals surface area contributed by atoms with Gasteiger partial charge in [0, 0.05) is 11.8 Å². The first-order valence-corrected chi connectivity index (χ1v) is 11.1. The molecule has 2 aliphatic carbocycles. The number of aliphatic carboxylic acids is 1. The largest absolute Gasteiger partial charge is 0.481 e. The second-order valence-electron chi connectivity index (χ2n) is 8.77. The Morgan fingerprint density at radius 3 is 2.88 bits per heavy atom. The molecule has 10 heteroatoms. The number of carboxylic acids is 1. The summed E-state index contributed by atoms with van der Waals surface area (Å²) >= 11 is 0. The van der Waals surface area contributed by atoms with Gasteiger partial charge in [-0.1, -0.05) is 13.3 Å². The number of hydrogen-bond donors (Lipinski definition) is 5. The Kier molecular flexibility index (Phi) is 6.26. The monoisotopic (exact) mass is 453 g/mol. The number of nitrogen functional groups attached to an aromatic ring is 1. The highest BCUT2D eigenvalue weighted by atomic mass is 19.1. The zero-order chi connectivity index (χ0) is 23.7. The minimum atomic E-state index is -0.846. The van der Waals surface area contributed by atoms with Gasteiger partial charge in [0.25, 0.3) is 0 Å². The summed E-state index contributed by atoms with van der Waals surface area (Å²) < 4.78 is 13.6. The molecule has 0 bridgehead atoms. The molecule has 0 aromatic carbocycles. The van der Waals surface area contributed by atoms with Crippen molar-refractivity contribution in [1.29, 1.82) is 5.41 Å². The number of pyridine rings is 1. The van der Waals surface area contributed by atoms with Crippen LogP contribution < -0.4 is 11.5 Å². The van der Waals surface area contributed by atoms with Crippen molar-refractivity contribution in [1.82, 2.24) is 9.97 Å². The third-order valence-electron chi connectivity index (χ3n) is 6.62. The fourth-order valence-electron chi connectivity index (χ4n) is 5.03. The van der Waals surface area contributed by atoms with Gasteiger partial charge in [-0.3, -0.25) is 15.2 Å². The molecule has 33 heavy (non-hydrogen) atoms. The summed E-state index contributed by atoms with van der Waals surface area (Å²) in [5, 5.41) is 18.4. The molecule has 9 nitrogen and oxygen atoms in total. The number of carbonyl (C=O) groups is 1. The summed E-state index contributed by atoms with van der Waals surface area (Å²) in [5.74, 6) is -1.14. The van der Waals surface area contributed by atoms with E-state index in [9.17, 15) is 14.3 Å². The standard InChI is InChI=1S/C23H28FN7O2/c1-2-4-13-14-7-11(14)8-17(18(13)23(32)33)30-22(16-5-3-6-28-16)31-21(27)19(25)15-9-12(24)10-29-20(15)26/h3,5-6,9-11,13-14,17-18,25,28H,2,4,7-8H2,1H3,(H2,26,29)(H,32,33)(H2,27,30,31)/t11-,13+,14-,17+,18+/m1/s1. The maximum atomic E-state index is 13.6. The summed E-state index contributed by atoms with van der Waals surface area (Å²) in [6.07, 6.45) is 6.15. The van der Waals surface area contributed by atoms with Gasteiger partial charge in [-0.05, 0) is 55.2 Å². The molecule has 7 N–H and O–H groups in total. The minimum absolute atomic E-state index is 0.0204. The van der Waals surface area contributed by atoms with Crippen LogP contribution in [-0.2, 0) is 4.79 Å². The minimum Gasteiger partial charge on any atom is -0.481 e. The molecular weight excluding hydrogens is 425 g/mol. The SMILES string of the molecule is CCC[C@H]1[C@@H]2C[C@@H]2C[C@H](N=C(N=C(N)C(=N)c2cc(F)cnc2N)c2ccc[nH]2)[C@H]1C(=O)O. The topological polar surface area (TPSA) is 167 Å². The smallest absolute Gasteiger partial charge is 0.308 e. The highest BCUT2D eigenvalue weighted by molar-refractivity contribution is 6.48. The molecule has 2 aliphatic rings. The second-order valence-corrected chi connectivity index (χ2v) is 8.77. The van der Waals surface area contributed by atoms with E-state index < -0.39 is 23.7 Å². The Morgan fingerprint density at radius 1 is 1.42 bits per heavy atom. The predicted molar refractivity (Wildman–Crippen MR) is 124 cm³/mol. The normalized spacial score (nSPS) is 27.2. The molecule has 0 unspecified atom stereocenters. The van der Waals surface area contributed by atoms with Crippen LogP contribution in [0.3, 0.4) is 0 Å². The first-order valence-electron chi connectivity index (χ1n) is 11.1. The Hall–Kier alpha value is -3.56. The molecule has 0 aliphatic heterocycles. The van der Waals surface area contributed by atoms with Crippen LogP contribution in [0, 0.1) is 34.9 Å². The molecule has 0 amide bonds. The molecule has 2 aromatic heterocycles. The van der Waals surface area contributed by atoms with Gasteiger partial charge in [0.05, 0.1) is 23.9 Å². The Balaban J connectivity index is 1.71. The van der Waals surface area contributed by atoms with Crippen molar-refractivity contribution in [2.45, 2.75) is 38.6 Å². The first-order chi connectivity index (χ1) is 15.8. The van der Waals surface area contributed by atoms with Gasteiger partial charge in [-0.2, -0.15) is 0 Å². The van der Waals surface area contributed by atoms with E-state index in [-0.39, 0.29) is 34.7 Å². The summed E-state index contributed by atoms with van der Waals surface area (Å²) in [5.41, 5.74) is 12.2. The maximum Gasteiger partial charge on any atom is 0.308 e. The third-order valence-corrected chi connectivity index (χ3v) is 6.62. The van der Waals surface area contributed by atoms with Crippen molar-refractivity contribution in [3.8, 4) is 0 Å². The number of hydrogen-bond acceptors (Lipinski definition) is 5. The number of H-pyrrole nitrogens is 1. The molecule has 2 fully saturated rings. The highest BCUT2D eigenvalue weighted by Crippen LogP contribution is 2.57. The van der Waals surface area contributed by atoms with E-state index in [1.165, 1.54) is 0 Å². The molecule has 4 rings (SSSR count). The molecule has 2 saturated carbocycles. The number of fused-ring (bicyclic) bond motifs is 1.